The number of anilines is 1. The zero-order chi connectivity index (χ0) is 13.8. The fourth-order valence-electron chi connectivity index (χ4n) is 1.41. The van der Waals surface area contributed by atoms with Crippen LogP contribution in [0.1, 0.15) is 13.8 Å². The number of nitrogens with zero attached hydrogens (tertiary/aromatic N) is 1. The first-order valence-corrected chi connectivity index (χ1v) is 7.80. The number of rotatable bonds is 4. The number of hydrogen-bond acceptors (Lipinski definition) is 3. The SMILES string of the molecule is CCN(CC)C(=O)Nc1ccc(S(=O)(=O)Cl)cc1. The number of hydrogen-bond donors (Lipinski definition) is 1. The summed E-state index contributed by atoms with van der Waals surface area (Å²) in [6.07, 6.45) is 0. The van der Waals surface area contributed by atoms with Gasteiger partial charge in [0.1, 0.15) is 0 Å². The Kier molecular flexibility index (Phi) is 4.98. The Bertz CT molecular complexity index is 510. The molecule has 0 spiro atoms. The van der Waals surface area contributed by atoms with Crippen LogP contribution in [0, 0.1) is 0 Å². The van der Waals surface area contributed by atoms with Crippen molar-refractivity contribution in [1.29, 1.82) is 0 Å². The van der Waals surface area contributed by atoms with Crippen LogP contribution < -0.4 is 5.32 Å². The normalized spacial score (nSPS) is 11.1. The fraction of sp³-hybridized carbons (Fsp3) is 0.364. The van der Waals surface area contributed by atoms with Crippen molar-refractivity contribution in [3.8, 4) is 0 Å². The Morgan fingerprint density at radius 3 is 2.11 bits per heavy atom. The zero-order valence-corrected chi connectivity index (χ0v) is 11.8. The molecule has 0 bridgehead atoms. The van der Waals surface area contributed by atoms with Crippen LogP contribution in [0.4, 0.5) is 10.5 Å². The lowest BCUT2D eigenvalue weighted by Crippen LogP contribution is -2.34. The predicted molar refractivity (Wildman–Crippen MR) is 71.4 cm³/mol. The van der Waals surface area contributed by atoms with Crippen molar-refractivity contribution in [2.24, 2.45) is 0 Å². The molecule has 1 rings (SSSR count). The first-order chi connectivity index (χ1) is 8.38. The number of carbonyl (C=O) groups excluding carboxylic acids is 1. The first-order valence-electron chi connectivity index (χ1n) is 5.49. The summed E-state index contributed by atoms with van der Waals surface area (Å²) in [4.78, 5) is 13.3. The summed E-state index contributed by atoms with van der Waals surface area (Å²) < 4.78 is 22.1. The third-order valence-corrected chi connectivity index (χ3v) is 3.81. The molecule has 0 aliphatic rings. The second kappa shape index (κ2) is 6.06. The number of carbonyl (C=O) groups is 1. The number of nitrogens with one attached hydrogen (secondary N) is 1. The maximum absolute atomic E-state index is 11.7. The van der Waals surface area contributed by atoms with Gasteiger partial charge in [0, 0.05) is 29.5 Å². The smallest absolute Gasteiger partial charge is 0.321 e. The molecule has 1 N–H and O–H groups in total. The summed E-state index contributed by atoms with van der Waals surface area (Å²) in [6, 6.07) is 5.47. The fourth-order valence-corrected chi connectivity index (χ4v) is 2.18. The largest absolute Gasteiger partial charge is 0.325 e. The molecule has 0 aliphatic carbocycles. The lowest BCUT2D eigenvalue weighted by Gasteiger charge is -2.19. The van der Waals surface area contributed by atoms with Gasteiger partial charge < -0.3 is 10.2 Å². The summed E-state index contributed by atoms with van der Waals surface area (Å²) in [7, 11) is 1.46. The van der Waals surface area contributed by atoms with Crippen molar-refractivity contribution < 1.29 is 13.2 Å². The van der Waals surface area contributed by atoms with Crippen molar-refractivity contribution in [1.82, 2.24) is 4.90 Å². The molecular weight excluding hydrogens is 276 g/mol. The number of halogens is 1. The minimum Gasteiger partial charge on any atom is -0.325 e. The Morgan fingerprint density at radius 2 is 1.72 bits per heavy atom. The van der Waals surface area contributed by atoms with E-state index in [1.54, 1.807) is 4.90 Å². The molecule has 0 unspecified atom stereocenters. The lowest BCUT2D eigenvalue weighted by atomic mass is 10.3. The van der Waals surface area contributed by atoms with Gasteiger partial charge in [-0.2, -0.15) is 0 Å². The minimum atomic E-state index is -3.72. The van der Waals surface area contributed by atoms with E-state index in [1.165, 1.54) is 24.3 Å². The Labute approximate surface area is 111 Å². The average molecular weight is 291 g/mol. The first kappa shape index (κ1) is 14.8. The molecule has 0 saturated heterocycles. The van der Waals surface area contributed by atoms with E-state index in [1.807, 2.05) is 13.8 Å². The molecule has 0 heterocycles. The van der Waals surface area contributed by atoms with Crippen molar-refractivity contribution in [3.05, 3.63) is 24.3 Å². The van der Waals surface area contributed by atoms with Crippen LogP contribution in [-0.4, -0.2) is 32.4 Å². The van der Waals surface area contributed by atoms with Gasteiger partial charge in [-0.1, -0.05) is 0 Å². The van der Waals surface area contributed by atoms with E-state index in [2.05, 4.69) is 5.32 Å². The Hall–Kier alpha value is -1.27. The van der Waals surface area contributed by atoms with Gasteiger partial charge in [0.05, 0.1) is 4.90 Å². The van der Waals surface area contributed by atoms with Gasteiger partial charge in [0.25, 0.3) is 9.05 Å². The monoisotopic (exact) mass is 290 g/mol. The van der Waals surface area contributed by atoms with Crippen LogP contribution in [0.3, 0.4) is 0 Å². The molecule has 1 aromatic carbocycles. The molecule has 18 heavy (non-hydrogen) atoms. The van der Waals surface area contributed by atoms with E-state index >= 15 is 0 Å². The molecular formula is C11H15ClN2O3S. The molecule has 2 amide bonds. The molecule has 0 aromatic heterocycles. The molecule has 0 saturated carbocycles. The Balaban J connectivity index is 2.79. The van der Waals surface area contributed by atoms with Crippen molar-refractivity contribution >= 4 is 31.5 Å². The molecule has 0 fully saturated rings. The van der Waals surface area contributed by atoms with Crippen molar-refractivity contribution in [2.45, 2.75) is 18.7 Å². The molecule has 0 radical (unpaired) electrons. The highest BCUT2D eigenvalue weighted by molar-refractivity contribution is 8.13. The third-order valence-electron chi connectivity index (χ3n) is 2.44. The molecule has 1 aromatic rings. The number of urea groups is 1. The number of benzene rings is 1. The second-order valence-corrected chi connectivity index (χ2v) is 6.13. The quantitative estimate of drug-likeness (QED) is 0.866. The third kappa shape index (κ3) is 3.89. The highest BCUT2D eigenvalue weighted by Gasteiger charge is 2.11. The maximum Gasteiger partial charge on any atom is 0.321 e. The lowest BCUT2D eigenvalue weighted by molar-refractivity contribution is 0.217. The standard InChI is InChI=1S/C11H15ClN2O3S/c1-3-14(4-2)11(15)13-9-5-7-10(8-6-9)18(12,16)17/h5-8H,3-4H2,1-2H3,(H,13,15). The summed E-state index contributed by atoms with van der Waals surface area (Å²) in [5, 5.41) is 2.67. The van der Waals surface area contributed by atoms with Crippen LogP contribution in [0.25, 0.3) is 0 Å². The molecule has 7 heteroatoms. The van der Waals surface area contributed by atoms with Crippen LogP contribution in [-0.2, 0) is 9.05 Å². The highest BCUT2D eigenvalue weighted by atomic mass is 35.7. The average Bonchev–Trinajstić information content (AvgIpc) is 2.30. The Morgan fingerprint density at radius 1 is 1.22 bits per heavy atom. The van der Waals surface area contributed by atoms with E-state index in [0.29, 0.717) is 18.8 Å². The summed E-state index contributed by atoms with van der Waals surface area (Å²) in [5.41, 5.74) is 0.524. The van der Waals surface area contributed by atoms with E-state index in [4.69, 9.17) is 10.7 Å². The van der Waals surface area contributed by atoms with Gasteiger partial charge in [0.2, 0.25) is 0 Å². The summed E-state index contributed by atoms with van der Waals surface area (Å²) in [5.74, 6) is 0. The molecule has 100 valence electrons. The van der Waals surface area contributed by atoms with Gasteiger partial charge in [-0.15, -0.1) is 0 Å². The van der Waals surface area contributed by atoms with Crippen LogP contribution >= 0.6 is 10.7 Å². The van der Waals surface area contributed by atoms with Gasteiger partial charge in [0.15, 0.2) is 0 Å². The van der Waals surface area contributed by atoms with Crippen LogP contribution in [0.15, 0.2) is 29.2 Å². The molecule has 5 nitrogen and oxygen atoms in total. The molecule has 0 atom stereocenters. The van der Waals surface area contributed by atoms with Crippen LogP contribution in [0.2, 0.25) is 0 Å². The predicted octanol–water partition coefficient (Wildman–Crippen LogP) is 2.49. The number of amides is 2. The van der Waals surface area contributed by atoms with E-state index < -0.39 is 9.05 Å². The van der Waals surface area contributed by atoms with E-state index in [-0.39, 0.29) is 10.9 Å². The second-order valence-electron chi connectivity index (χ2n) is 3.56. The van der Waals surface area contributed by atoms with E-state index in [9.17, 15) is 13.2 Å². The van der Waals surface area contributed by atoms with Gasteiger partial charge in [-0.05, 0) is 38.1 Å². The van der Waals surface area contributed by atoms with Crippen LogP contribution in [0.5, 0.6) is 0 Å². The summed E-state index contributed by atoms with van der Waals surface area (Å²) >= 11 is 0. The van der Waals surface area contributed by atoms with Crippen molar-refractivity contribution in [3.63, 3.8) is 0 Å². The minimum absolute atomic E-state index is 0.00463. The van der Waals surface area contributed by atoms with Gasteiger partial charge in [-0.25, -0.2) is 13.2 Å². The topological polar surface area (TPSA) is 66.5 Å². The van der Waals surface area contributed by atoms with E-state index in [0.717, 1.165) is 0 Å². The highest BCUT2D eigenvalue weighted by Crippen LogP contribution is 2.17. The zero-order valence-electron chi connectivity index (χ0n) is 10.2. The van der Waals surface area contributed by atoms with Gasteiger partial charge in [-0.3, -0.25) is 0 Å². The maximum atomic E-state index is 11.7. The van der Waals surface area contributed by atoms with Gasteiger partial charge >= 0.3 is 6.03 Å². The van der Waals surface area contributed by atoms with Crippen molar-refractivity contribution in [2.75, 3.05) is 18.4 Å². The summed E-state index contributed by atoms with van der Waals surface area (Å²) in [6.45, 7) is 4.98. The molecule has 0 aliphatic heterocycles.